The first-order valence-electron chi connectivity index (χ1n) is 6.15. The molecule has 0 fully saturated rings. The maximum absolute atomic E-state index is 12.5. The highest BCUT2D eigenvalue weighted by Crippen LogP contribution is 2.23. The van der Waals surface area contributed by atoms with Gasteiger partial charge in [-0.25, -0.2) is 0 Å². The van der Waals surface area contributed by atoms with Crippen molar-refractivity contribution in [1.29, 1.82) is 0 Å². The van der Waals surface area contributed by atoms with Crippen molar-refractivity contribution >= 4 is 39.1 Å². The van der Waals surface area contributed by atoms with E-state index < -0.39 is 5.97 Å². The van der Waals surface area contributed by atoms with E-state index in [0.29, 0.717) is 17.7 Å². The molecule has 21 heavy (non-hydrogen) atoms. The quantitative estimate of drug-likeness (QED) is 0.874. The van der Waals surface area contributed by atoms with Gasteiger partial charge in [0, 0.05) is 27.3 Å². The highest BCUT2D eigenvalue weighted by Gasteiger charge is 2.23. The van der Waals surface area contributed by atoms with Crippen LogP contribution in [0.2, 0.25) is 0 Å². The maximum Gasteiger partial charge on any atom is 0.311 e. The van der Waals surface area contributed by atoms with Crippen molar-refractivity contribution in [1.82, 2.24) is 4.90 Å². The fraction of sp³-hybridized carbons (Fsp3) is 0.286. The van der Waals surface area contributed by atoms with Crippen LogP contribution in [0.4, 0.5) is 0 Å². The first-order chi connectivity index (χ1) is 9.88. The van der Waals surface area contributed by atoms with Crippen molar-refractivity contribution in [2.24, 2.45) is 0 Å². The molecule has 2 heterocycles. The van der Waals surface area contributed by atoms with Gasteiger partial charge >= 0.3 is 5.97 Å². The number of carbonyl (C=O) groups is 2. The number of amides is 1. The first kappa shape index (κ1) is 15.8. The van der Waals surface area contributed by atoms with Crippen molar-refractivity contribution in [2.75, 3.05) is 7.05 Å². The zero-order chi connectivity index (χ0) is 15.6. The van der Waals surface area contributed by atoms with Crippen molar-refractivity contribution in [3.63, 3.8) is 0 Å². The Bertz CT molecular complexity index is 676. The van der Waals surface area contributed by atoms with Crippen LogP contribution in [-0.2, 0) is 17.8 Å². The van der Waals surface area contributed by atoms with Crippen LogP contribution >= 0.6 is 27.3 Å². The number of halogens is 1. The molecule has 0 atom stereocenters. The number of carboxylic acids is 1. The lowest BCUT2D eigenvalue weighted by Crippen LogP contribution is -2.27. The van der Waals surface area contributed by atoms with E-state index >= 15 is 0 Å². The van der Waals surface area contributed by atoms with E-state index in [-0.39, 0.29) is 18.1 Å². The van der Waals surface area contributed by atoms with Gasteiger partial charge in [-0.1, -0.05) is 0 Å². The number of carboxylic acid groups (broad SMARTS) is 1. The Kier molecular flexibility index (Phi) is 4.84. The molecule has 2 rings (SSSR count). The Hall–Kier alpha value is -1.60. The molecule has 0 aliphatic rings. The number of aliphatic carboxylic acids is 1. The van der Waals surface area contributed by atoms with E-state index in [1.807, 2.05) is 11.4 Å². The number of thiophene rings is 1. The summed E-state index contributed by atoms with van der Waals surface area (Å²) in [5.74, 6) is -1.06. The molecule has 0 aliphatic heterocycles. The standard InChI is InChI=1S/C14H14BrNO4S/c1-8-6-20-11(4-12(17)18)13(8)14(19)16(2)5-10-3-9(15)7-21-10/h3,6-7H,4-5H2,1-2H3,(H,17,18). The van der Waals surface area contributed by atoms with Gasteiger partial charge in [-0.15, -0.1) is 11.3 Å². The predicted octanol–water partition coefficient (Wildman–Crippen LogP) is 3.31. The van der Waals surface area contributed by atoms with Gasteiger partial charge in [-0.3, -0.25) is 9.59 Å². The summed E-state index contributed by atoms with van der Waals surface area (Å²) >= 11 is 4.93. The number of nitrogens with zero attached hydrogens (tertiary/aromatic N) is 1. The Morgan fingerprint density at radius 2 is 2.19 bits per heavy atom. The molecular weight excluding hydrogens is 358 g/mol. The van der Waals surface area contributed by atoms with E-state index in [0.717, 1.165) is 9.35 Å². The molecule has 0 saturated heterocycles. The van der Waals surface area contributed by atoms with Crippen LogP contribution < -0.4 is 0 Å². The molecule has 0 radical (unpaired) electrons. The Morgan fingerprint density at radius 3 is 2.76 bits per heavy atom. The highest BCUT2D eigenvalue weighted by atomic mass is 79.9. The smallest absolute Gasteiger partial charge is 0.311 e. The minimum Gasteiger partial charge on any atom is -0.481 e. The Labute approximate surface area is 134 Å². The van der Waals surface area contributed by atoms with Crippen molar-refractivity contribution in [3.05, 3.63) is 43.9 Å². The van der Waals surface area contributed by atoms with E-state index in [1.165, 1.54) is 6.26 Å². The first-order valence-corrected chi connectivity index (χ1v) is 7.83. The number of hydrogen-bond acceptors (Lipinski definition) is 4. The lowest BCUT2D eigenvalue weighted by Gasteiger charge is -2.16. The SMILES string of the molecule is Cc1coc(CC(=O)O)c1C(=O)N(C)Cc1cc(Br)cs1. The summed E-state index contributed by atoms with van der Waals surface area (Å²) in [6.45, 7) is 2.20. The Morgan fingerprint density at radius 1 is 1.48 bits per heavy atom. The summed E-state index contributed by atoms with van der Waals surface area (Å²) in [6.07, 6.45) is 1.12. The van der Waals surface area contributed by atoms with Gasteiger partial charge < -0.3 is 14.4 Å². The molecule has 1 N–H and O–H groups in total. The second-order valence-corrected chi connectivity index (χ2v) is 6.59. The molecule has 1 amide bonds. The Balaban J connectivity index is 2.19. The van der Waals surface area contributed by atoms with Crippen LogP contribution in [0.3, 0.4) is 0 Å². The van der Waals surface area contributed by atoms with Gasteiger partial charge in [0.2, 0.25) is 0 Å². The van der Waals surface area contributed by atoms with Gasteiger partial charge in [0.25, 0.3) is 5.91 Å². The number of carbonyl (C=O) groups excluding carboxylic acids is 1. The largest absolute Gasteiger partial charge is 0.481 e. The third-order valence-corrected chi connectivity index (χ3v) is 4.62. The average molecular weight is 372 g/mol. The average Bonchev–Trinajstić information content (AvgIpc) is 2.95. The van der Waals surface area contributed by atoms with E-state index in [1.54, 1.807) is 30.2 Å². The molecule has 0 unspecified atom stereocenters. The zero-order valence-corrected chi connectivity index (χ0v) is 14.0. The summed E-state index contributed by atoms with van der Waals surface area (Å²) in [5, 5.41) is 10.8. The van der Waals surface area contributed by atoms with Crippen LogP contribution in [0.1, 0.15) is 26.6 Å². The van der Waals surface area contributed by atoms with Crippen LogP contribution in [0, 0.1) is 6.92 Å². The fourth-order valence-corrected chi connectivity index (χ4v) is 3.49. The topological polar surface area (TPSA) is 70.7 Å². The minimum atomic E-state index is -1.02. The van der Waals surface area contributed by atoms with Gasteiger partial charge in [0.1, 0.15) is 12.2 Å². The molecular formula is C14H14BrNO4S. The van der Waals surface area contributed by atoms with Crippen LogP contribution in [0.25, 0.3) is 0 Å². The molecule has 0 saturated carbocycles. The molecule has 0 aromatic carbocycles. The second kappa shape index (κ2) is 6.44. The van der Waals surface area contributed by atoms with Crippen molar-refractivity contribution in [3.8, 4) is 0 Å². The van der Waals surface area contributed by atoms with Crippen LogP contribution in [0.5, 0.6) is 0 Å². The molecule has 112 valence electrons. The van der Waals surface area contributed by atoms with Crippen LogP contribution in [0.15, 0.2) is 26.6 Å². The van der Waals surface area contributed by atoms with Gasteiger partial charge in [0.15, 0.2) is 0 Å². The maximum atomic E-state index is 12.5. The lowest BCUT2D eigenvalue weighted by atomic mass is 10.1. The number of furan rings is 1. The summed E-state index contributed by atoms with van der Waals surface area (Å²) in [7, 11) is 1.69. The van der Waals surface area contributed by atoms with Crippen LogP contribution in [-0.4, -0.2) is 28.9 Å². The van der Waals surface area contributed by atoms with Gasteiger partial charge in [-0.2, -0.15) is 0 Å². The summed E-state index contributed by atoms with van der Waals surface area (Å²) in [4.78, 5) is 25.9. The molecule has 0 bridgehead atoms. The zero-order valence-electron chi connectivity index (χ0n) is 11.6. The second-order valence-electron chi connectivity index (χ2n) is 4.68. The molecule has 0 aliphatic carbocycles. The predicted molar refractivity (Wildman–Crippen MR) is 82.6 cm³/mol. The molecule has 5 nitrogen and oxygen atoms in total. The third-order valence-electron chi connectivity index (χ3n) is 2.94. The summed E-state index contributed by atoms with van der Waals surface area (Å²) in [5.41, 5.74) is 0.992. The fourth-order valence-electron chi connectivity index (χ4n) is 1.99. The number of hydrogen-bond donors (Lipinski definition) is 1. The monoisotopic (exact) mass is 371 g/mol. The molecule has 0 spiro atoms. The number of rotatable bonds is 5. The molecule has 2 aromatic heterocycles. The van der Waals surface area contributed by atoms with Gasteiger partial charge in [-0.05, 0) is 28.9 Å². The number of aryl methyl sites for hydroxylation is 1. The normalized spacial score (nSPS) is 10.6. The molecule has 7 heteroatoms. The van der Waals surface area contributed by atoms with Crippen molar-refractivity contribution < 1.29 is 19.1 Å². The molecule has 2 aromatic rings. The van der Waals surface area contributed by atoms with Gasteiger partial charge in [0.05, 0.1) is 18.4 Å². The van der Waals surface area contributed by atoms with E-state index in [4.69, 9.17) is 9.52 Å². The summed E-state index contributed by atoms with van der Waals surface area (Å²) < 4.78 is 6.18. The van der Waals surface area contributed by atoms with E-state index in [9.17, 15) is 9.59 Å². The van der Waals surface area contributed by atoms with Crippen molar-refractivity contribution in [2.45, 2.75) is 19.9 Å². The third kappa shape index (κ3) is 3.74. The lowest BCUT2D eigenvalue weighted by molar-refractivity contribution is -0.136. The highest BCUT2D eigenvalue weighted by molar-refractivity contribution is 9.10. The minimum absolute atomic E-state index is 0.198. The van der Waals surface area contributed by atoms with E-state index in [2.05, 4.69) is 15.9 Å². The summed E-state index contributed by atoms with van der Waals surface area (Å²) in [6, 6.07) is 1.95.